The highest BCUT2D eigenvalue weighted by Crippen LogP contribution is 2.37. The van der Waals surface area contributed by atoms with Gasteiger partial charge in [-0.3, -0.25) is 0 Å². The molecule has 90 valence electrons. The number of hydrogen-bond donors (Lipinski definition) is 1. The lowest BCUT2D eigenvalue weighted by Gasteiger charge is -2.16. The van der Waals surface area contributed by atoms with Crippen LogP contribution in [0.4, 0.5) is 0 Å². The Balaban J connectivity index is 2.39. The molecule has 0 saturated carbocycles. The summed E-state index contributed by atoms with van der Waals surface area (Å²) < 4.78 is 2.32. The van der Waals surface area contributed by atoms with Crippen LogP contribution in [0, 0.1) is 6.92 Å². The molecule has 0 bridgehead atoms. The van der Waals surface area contributed by atoms with Gasteiger partial charge >= 0.3 is 0 Å². The van der Waals surface area contributed by atoms with Crippen molar-refractivity contribution >= 4 is 43.2 Å². The smallest absolute Gasteiger partial charge is 0.0761 e. The fourth-order valence-electron chi connectivity index (χ4n) is 1.81. The maximum Gasteiger partial charge on any atom is 0.0761 e. The normalized spacial score (nSPS) is 12.7. The van der Waals surface area contributed by atoms with Crippen LogP contribution in [-0.2, 0) is 0 Å². The summed E-state index contributed by atoms with van der Waals surface area (Å²) in [4.78, 5) is 0. The molecule has 1 N–H and O–H groups in total. The molecule has 2 rings (SSSR count). The Morgan fingerprint density at radius 1 is 1.18 bits per heavy atom. The highest BCUT2D eigenvalue weighted by Gasteiger charge is 2.17. The van der Waals surface area contributed by atoms with Crippen molar-refractivity contribution in [2.24, 2.45) is 0 Å². The van der Waals surface area contributed by atoms with Gasteiger partial charge in [-0.05, 0) is 63.0 Å². The molecular weight excluding hydrogens is 362 g/mol. The second kappa shape index (κ2) is 5.65. The van der Waals surface area contributed by atoms with Crippen LogP contribution < -0.4 is 5.32 Å². The van der Waals surface area contributed by atoms with Gasteiger partial charge in [-0.15, -0.1) is 11.3 Å². The van der Waals surface area contributed by atoms with E-state index < -0.39 is 0 Å². The van der Waals surface area contributed by atoms with E-state index >= 15 is 0 Å². The van der Waals surface area contributed by atoms with Crippen LogP contribution in [0.3, 0.4) is 0 Å². The number of nitrogens with one attached hydrogen (secondary N) is 1. The quantitative estimate of drug-likeness (QED) is 0.806. The fourth-order valence-corrected chi connectivity index (χ4v) is 4.71. The van der Waals surface area contributed by atoms with E-state index in [1.807, 2.05) is 7.05 Å². The van der Waals surface area contributed by atoms with Crippen LogP contribution in [0.15, 0.2) is 37.9 Å². The number of hydrogen-bond acceptors (Lipinski definition) is 2. The van der Waals surface area contributed by atoms with Crippen molar-refractivity contribution in [2.45, 2.75) is 13.0 Å². The summed E-state index contributed by atoms with van der Waals surface area (Å²) >= 11 is 8.85. The summed E-state index contributed by atoms with van der Waals surface area (Å²) in [5.41, 5.74) is 3.84. The monoisotopic (exact) mass is 373 g/mol. The average molecular weight is 375 g/mol. The molecule has 1 nitrogen and oxygen atoms in total. The zero-order valence-electron chi connectivity index (χ0n) is 9.63. The lowest BCUT2D eigenvalue weighted by Crippen LogP contribution is -2.17. The van der Waals surface area contributed by atoms with Crippen LogP contribution >= 0.6 is 43.2 Å². The number of benzene rings is 1. The number of aryl methyl sites for hydroxylation is 1. The average Bonchev–Trinajstić information content (AvgIpc) is 2.62. The van der Waals surface area contributed by atoms with E-state index in [1.54, 1.807) is 11.3 Å². The number of thiophene rings is 1. The zero-order valence-corrected chi connectivity index (χ0v) is 13.6. The molecule has 17 heavy (non-hydrogen) atoms. The Kier molecular flexibility index (Phi) is 4.42. The molecule has 0 spiro atoms. The van der Waals surface area contributed by atoms with E-state index in [0.717, 1.165) is 3.79 Å². The molecule has 0 fully saturated rings. The summed E-state index contributed by atoms with van der Waals surface area (Å²) in [6.45, 7) is 2.11. The van der Waals surface area contributed by atoms with Gasteiger partial charge in [0.25, 0.3) is 0 Å². The minimum absolute atomic E-state index is 0.229. The lowest BCUT2D eigenvalue weighted by molar-refractivity contribution is 0.691. The lowest BCUT2D eigenvalue weighted by atomic mass is 10.0. The van der Waals surface area contributed by atoms with Crippen LogP contribution in [0.25, 0.3) is 0 Å². The first-order chi connectivity index (χ1) is 8.11. The summed E-state index contributed by atoms with van der Waals surface area (Å²) in [7, 11) is 1.99. The maximum atomic E-state index is 3.62. The predicted molar refractivity (Wildman–Crippen MR) is 81.8 cm³/mol. The molecule has 0 saturated heterocycles. The molecule has 1 atom stereocenters. The molecule has 1 heterocycles. The fraction of sp³-hybridized carbons (Fsp3) is 0.231. The molecule has 0 aliphatic rings. The largest absolute Gasteiger partial charge is 0.309 e. The van der Waals surface area contributed by atoms with E-state index in [0.29, 0.717) is 0 Å². The first-order valence-electron chi connectivity index (χ1n) is 5.30. The van der Waals surface area contributed by atoms with Crippen molar-refractivity contribution in [3.63, 3.8) is 0 Å². The van der Waals surface area contributed by atoms with Gasteiger partial charge in [0.2, 0.25) is 0 Å². The second-order valence-electron chi connectivity index (χ2n) is 3.91. The van der Waals surface area contributed by atoms with Crippen LogP contribution in [0.2, 0.25) is 0 Å². The predicted octanol–water partition coefficient (Wildman–Crippen LogP) is 4.89. The summed E-state index contributed by atoms with van der Waals surface area (Å²) in [5, 5.41) is 3.36. The third-order valence-electron chi connectivity index (χ3n) is 2.69. The molecule has 1 aromatic heterocycles. The third-order valence-corrected chi connectivity index (χ3v) is 5.08. The van der Waals surface area contributed by atoms with E-state index in [2.05, 4.69) is 74.4 Å². The Hall–Kier alpha value is -0.160. The van der Waals surface area contributed by atoms with Crippen molar-refractivity contribution < 1.29 is 0 Å². The summed E-state index contributed by atoms with van der Waals surface area (Å²) in [6.07, 6.45) is 0. The number of rotatable bonds is 3. The first kappa shape index (κ1) is 13.3. The van der Waals surface area contributed by atoms with Crippen LogP contribution in [0.5, 0.6) is 0 Å². The molecule has 0 amide bonds. The zero-order chi connectivity index (χ0) is 12.4. The second-order valence-corrected chi connectivity index (χ2v) is 7.66. The Morgan fingerprint density at radius 3 is 2.29 bits per heavy atom. The highest BCUT2D eigenvalue weighted by molar-refractivity contribution is 9.12. The molecular formula is C13H13Br2NS. The van der Waals surface area contributed by atoms with E-state index in [4.69, 9.17) is 0 Å². The highest BCUT2D eigenvalue weighted by atomic mass is 79.9. The van der Waals surface area contributed by atoms with Gasteiger partial charge in [-0.25, -0.2) is 0 Å². The van der Waals surface area contributed by atoms with Gasteiger partial charge in [0, 0.05) is 0 Å². The van der Waals surface area contributed by atoms with Crippen LogP contribution in [-0.4, -0.2) is 7.05 Å². The first-order valence-corrected chi connectivity index (χ1v) is 7.70. The minimum Gasteiger partial charge on any atom is -0.309 e. The molecule has 0 radical (unpaired) electrons. The Morgan fingerprint density at radius 2 is 1.82 bits per heavy atom. The van der Waals surface area contributed by atoms with Gasteiger partial charge < -0.3 is 5.32 Å². The Bertz CT molecular complexity index is 505. The van der Waals surface area contributed by atoms with Crippen molar-refractivity contribution in [1.82, 2.24) is 5.32 Å². The molecule has 1 aromatic carbocycles. The van der Waals surface area contributed by atoms with Crippen molar-refractivity contribution in [2.75, 3.05) is 7.05 Å². The number of halogens is 2. The van der Waals surface area contributed by atoms with Crippen molar-refractivity contribution in [3.8, 4) is 0 Å². The van der Waals surface area contributed by atoms with Gasteiger partial charge in [0.1, 0.15) is 0 Å². The molecule has 4 heteroatoms. The molecule has 0 aliphatic carbocycles. The third kappa shape index (κ3) is 2.99. The van der Waals surface area contributed by atoms with Gasteiger partial charge in [-0.1, -0.05) is 29.8 Å². The summed E-state index contributed by atoms with van der Waals surface area (Å²) in [5.74, 6) is 0. The SMILES string of the molecule is CNC(c1ccc(C)cc1)c1cc(Br)sc1Br. The molecule has 0 aliphatic heterocycles. The van der Waals surface area contributed by atoms with Crippen molar-refractivity contribution in [3.05, 3.63) is 54.6 Å². The van der Waals surface area contributed by atoms with Gasteiger partial charge in [-0.2, -0.15) is 0 Å². The molecule has 2 aromatic rings. The Labute approximate surface area is 123 Å². The maximum absolute atomic E-state index is 3.62. The van der Waals surface area contributed by atoms with E-state index in [1.165, 1.54) is 20.5 Å². The van der Waals surface area contributed by atoms with E-state index in [-0.39, 0.29) is 6.04 Å². The standard InChI is InChI=1S/C13H13Br2NS/c1-8-3-5-9(6-4-8)12(16-2)10-7-11(14)17-13(10)15/h3-7,12,16H,1-2H3. The van der Waals surface area contributed by atoms with Gasteiger partial charge in [0.05, 0.1) is 13.6 Å². The van der Waals surface area contributed by atoms with E-state index in [9.17, 15) is 0 Å². The molecule has 1 unspecified atom stereocenters. The topological polar surface area (TPSA) is 12.0 Å². The van der Waals surface area contributed by atoms with Crippen molar-refractivity contribution in [1.29, 1.82) is 0 Å². The van der Waals surface area contributed by atoms with Crippen LogP contribution in [0.1, 0.15) is 22.7 Å². The summed E-state index contributed by atoms with van der Waals surface area (Å²) in [6, 6.07) is 11.0. The van der Waals surface area contributed by atoms with Gasteiger partial charge in [0.15, 0.2) is 0 Å². The minimum atomic E-state index is 0.229.